The molecule has 0 atom stereocenters. The molecule has 0 amide bonds. The van der Waals surface area contributed by atoms with E-state index < -0.39 is 0 Å². The number of anilines is 1. The minimum Gasteiger partial charge on any atom is -0.385 e. The number of aryl methyl sites for hydroxylation is 2. The summed E-state index contributed by atoms with van der Waals surface area (Å²) in [6.07, 6.45) is 3.00. The Morgan fingerprint density at radius 3 is 2.46 bits per heavy atom. The number of nitrogens with one attached hydrogen (secondary N) is 1. The third-order valence-corrected chi connectivity index (χ3v) is 4.77. The largest absolute Gasteiger partial charge is 0.385 e. The van der Waals surface area contributed by atoms with E-state index >= 15 is 0 Å². The van der Waals surface area contributed by atoms with Crippen molar-refractivity contribution >= 4 is 17.6 Å². The molecule has 2 nitrogen and oxygen atoms in total. The summed E-state index contributed by atoms with van der Waals surface area (Å²) in [4.78, 5) is 0. The molecule has 3 heteroatoms. The van der Waals surface area contributed by atoms with Crippen LogP contribution in [0.4, 0.5) is 5.69 Å². The second kappa shape index (κ2) is 9.30. The van der Waals surface area contributed by atoms with Crippen molar-refractivity contribution < 1.29 is 4.29 Å². The van der Waals surface area contributed by atoms with Gasteiger partial charge in [0.15, 0.2) is 0 Å². The zero-order chi connectivity index (χ0) is 18.2. The predicted octanol–water partition coefficient (Wildman–Crippen LogP) is 6.16. The van der Waals surface area contributed by atoms with Gasteiger partial charge in [-0.3, -0.25) is 0 Å². The van der Waals surface area contributed by atoms with Crippen LogP contribution in [0.1, 0.15) is 28.7 Å². The molecular weight excluding hydrogens is 342 g/mol. The SMILES string of the molecule is Cc1ccc(NCCCc2ccccc2)cc1Cc1ccccc1OCl. The average molecular weight is 366 g/mol. The highest BCUT2D eigenvalue weighted by Gasteiger charge is 2.07. The van der Waals surface area contributed by atoms with E-state index in [1.54, 1.807) is 0 Å². The Kier molecular flexibility index (Phi) is 6.56. The van der Waals surface area contributed by atoms with E-state index in [-0.39, 0.29) is 0 Å². The monoisotopic (exact) mass is 365 g/mol. The molecule has 3 rings (SSSR count). The lowest BCUT2D eigenvalue weighted by molar-refractivity contribution is 0.610. The third kappa shape index (κ3) is 5.03. The Balaban J connectivity index is 1.60. The van der Waals surface area contributed by atoms with E-state index in [0.29, 0.717) is 0 Å². The summed E-state index contributed by atoms with van der Waals surface area (Å²) in [6.45, 7) is 3.09. The first-order valence-electron chi connectivity index (χ1n) is 9.00. The summed E-state index contributed by atoms with van der Waals surface area (Å²) in [5.74, 6) is 0.717. The van der Waals surface area contributed by atoms with E-state index in [9.17, 15) is 0 Å². The van der Waals surface area contributed by atoms with E-state index in [1.807, 2.05) is 18.2 Å². The van der Waals surface area contributed by atoms with Crippen LogP contribution in [0, 0.1) is 6.92 Å². The van der Waals surface area contributed by atoms with Gasteiger partial charge in [0.1, 0.15) is 17.6 Å². The fourth-order valence-electron chi connectivity index (χ4n) is 3.07. The molecule has 0 bridgehead atoms. The van der Waals surface area contributed by atoms with Crippen LogP contribution in [0.25, 0.3) is 0 Å². The van der Waals surface area contributed by atoms with E-state index in [0.717, 1.165) is 42.8 Å². The van der Waals surface area contributed by atoms with Gasteiger partial charge in [-0.05, 0) is 54.7 Å². The molecule has 134 valence electrons. The molecule has 26 heavy (non-hydrogen) atoms. The molecule has 0 heterocycles. The summed E-state index contributed by atoms with van der Waals surface area (Å²) in [5.41, 5.74) is 6.18. The lowest BCUT2D eigenvalue weighted by atomic mass is 9.99. The van der Waals surface area contributed by atoms with Gasteiger partial charge in [0.05, 0.1) is 0 Å². The van der Waals surface area contributed by atoms with Crippen LogP contribution < -0.4 is 9.61 Å². The maximum absolute atomic E-state index is 5.59. The molecule has 3 aromatic carbocycles. The quantitative estimate of drug-likeness (QED) is 0.482. The average Bonchev–Trinajstić information content (AvgIpc) is 2.69. The molecule has 0 spiro atoms. The van der Waals surface area contributed by atoms with Crippen LogP contribution in [0.3, 0.4) is 0 Å². The fourth-order valence-corrected chi connectivity index (χ4v) is 3.22. The molecule has 1 N–H and O–H groups in total. The maximum atomic E-state index is 5.59. The summed E-state index contributed by atoms with van der Waals surface area (Å²) in [6, 6.07) is 25.0. The van der Waals surface area contributed by atoms with Crippen molar-refractivity contribution in [3.05, 3.63) is 95.1 Å². The van der Waals surface area contributed by atoms with Crippen LogP contribution >= 0.6 is 11.9 Å². The first-order valence-corrected chi connectivity index (χ1v) is 9.31. The Morgan fingerprint density at radius 1 is 0.885 bits per heavy atom. The molecule has 0 unspecified atom stereocenters. The highest BCUT2D eigenvalue weighted by molar-refractivity contribution is 6.09. The Morgan fingerprint density at radius 2 is 1.65 bits per heavy atom. The molecule has 0 radical (unpaired) electrons. The standard InChI is InChI=1S/C23H24ClNO/c1-18-13-14-22(25-15-7-10-19-8-3-2-4-9-19)17-21(18)16-20-11-5-6-12-23(20)26-24/h2-6,8-9,11-14,17,25H,7,10,15-16H2,1H3. The molecule has 0 aliphatic rings. The van der Waals surface area contributed by atoms with Gasteiger partial charge in [-0.1, -0.05) is 54.6 Å². The van der Waals surface area contributed by atoms with Gasteiger partial charge in [0, 0.05) is 24.2 Å². The van der Waals surface area contributed by atoms with Gasteiger partial charge < -0.3 is 9.61 Å². The molecule has 0 fully saturated rings. The van der Waals surface area contributed by atoms with Gasteiger partial charge in [-0.2, -0.15) is 0 Å². The van der Waals surface area contributed by atoms with E-state index in [4.69, 9.17) is 16.2 Å². The van der Waals surface area contributed by atoms with Gasteiger partial charge in [0.25, 0.3) is 0 Å². The highest BCUT2D eigenvalue weighted by atomic mass is 35.5. The van der Waals surface area contributed by atoms with E-state index in [2.05, 4.69) is 66.8 Å². The zero-order valence-corrected chi connectivity index (χ0v) is 15.8. The number of halogens is 1. The molecule has 0 saturated carbocycles. The zero-order valence-electron chi connectivity index (χ0n) is 15.0. The van der Waals surface area contributed by atoms with Gasteiger partial charge in [-0.15, -0.1) is 0 Å². The van der Waals surface area contributed by atoms with Gasteiger partial charge >= 0.3 is 0 Å². The first-order chi connectivity index (χ1) is 12.8. The fraction of sp³-hybridized carbons (Fsp3) is 0.217. The lowest BCUT2D eigenvalue weighted by Crippen LogP contribution is -2.04. The van der Waals surface area contributed by atoms with Crippen molar-refractivity contribution in [2.75, 3.05) is 11.9 Å². The number of para-hydroxylation sites is 1. The van der Waals surface area contributed by atoms with Crippen molar-refractivity contribution in [2.24, 2.45) is 0 Å². The summed E-state index contributed by atoms with van der Waals surface area (Å²) in [7, 11) is 0. The normalized spacial score (nSPS) is 10.5. The van der Waals surface area contributed by atoms with Crippen LogP contribution in [-0.2, 0) is 12.8 Å². The van der Waals surface area contributed by atoms with E-state index in [1.165, 1.54) is 16.7 Å². The third-order valence-electron chi connectivity index (χ3n) is 4.60. The summed E-state index contributed by atoms with van der Waals surface area (Å²) < 4.78 is 4.97. The van der Waals surface area contributed by atoms with Crippen molar-refractivity contribution in [3.63, 3.8) is 0 Å². The van der Waals surface area contributed by atoms with Crippen LogP contribution in [-0.4, -0.2) is 6.54 Å². The maximum Gasteiger partial charge on any atom is 0.149 e. The summed E-state index contributed by atoms with van der Waals surface area (Å²) in [5, 5.41) is 3.54. The molecular formula is C23H24ClNO. The molecule has 0 saturated heterocycles. The Bertz CT molecular complexity index is 833. The number of rotatable bonds is 8. The smallest absolute Gasteiger partial charge is 0.149 e. The Hall–Kier alpha value is -2.45. The molecule has 0 aliphatic heterocycles. The second-order valence-electron chi connectivity index (χ2n) is 6.52. The van der Waals surface area contributed by atoms with Crippen molar-refractivity contribution in [3.8, 4) is 5.75 Å². The highest BCUT2D eigenvalue weighted by Crippen LogP contribution is 2.25. The minimum absolute atomic E-state index is 0.717. The van der Waals surface area contributed by atoms with Gasteiger partial charge in [0.2, 0.25) is 0 Å². The molecule has 0 aromatic heterocycles. The van der Waals surface area contributed by atoms with Crippen LogP contribution in [0.15, 0.2) is 72.8 Å². The number of hydrogen-bond acceptors (Lipinski definition) is 2. The van der Waals surface area contributed by atoms with Crippen LogP contribution in [0.2, 0.25) is 0 Å². The van der Waals surface area contributed by atoms with Gasteiger partial charge in [-0.25, -0.2) is 0 Å². The van der Waals surface area contributed by atoms with Crippen LogP contribution in [0.5, 0.6) is 5.75 Å². The predicted molar refractivity (Wildman–Crippen MR) is 110 cm³/mol. The second-order valence-corrected chi connectivity index (χ2v) is 6.67. The molecule has 0 aliphatic carbocycles. The van der Waals surface area contributed by atoms with Crippen molar-refractivity contribution in [1.29, 1.82) is 0 Å². The topological polar surface area (TPSA) is 21.3 Å². The lowest BCUT2D eigenvalue weighted by Gasteiger charge is -2.12. The van der Waals surface area contributed by atoms with Crippen molar-refractivity contribution in [2.45, 2.75) is 26.2 Å². The molecule has 3 aromatic rings. The van der Waals surface area contributed by atoms with Crippen molar-refractivity contribution in [1.82, 2.24) is 0 Å². The number of benzene rings is 3. The minimum atomic E-state index is 0.717. The number of hydrogen-bond donors (Lipinski definition) is 1. The summed E-state index contributed by atoms with van der Waals surface area (Å²) >= 11 is 5.59. The first kappa shape index (κ1) is 18.3. The Labute approximate surface area is 161 Å².